The molecule has 5 nitrogen and oxygen atoms in total. The van der Waals surface area contributed by atoms with Crippen molar-refractivity contribution in [3.63, 3.8) is 0 Å². The van der Waals surface area contributed by atoms with Gasteiger partial charge < -0.3 is 5.11 Å². The lowest BCUT2D eigenvalue weighted by molar-refractivity contribution is -0.671. The van der Waals surface area contributed by atoms with Crippen LogP contribution in [0, 0.1) is 5.82 Å². The van der Waals surface area contributed by atoms with E-state index >= 15 is 0 Å². The molecule has 140 valence electrons. The first kappa shape index (κ1) is 18.4. The van der Waals surface area contributed by atoms with E-state index in [4.69, 9.17) is 23.2 Å². The second-order valence-electron chi connectivity index (χ2n) is 6.10. The van der Waals surface area contributed by atoms with Crippen molar-refractivity contribution in [1.29, 1.82) is 0 Å². The van der Waals surface area contributed by atoms with Gasteiger partial charge in [0.25, 0.3) is 11.5 Å². The van der Waals surface area contributed by atoms with Crippen LogP contribution in [-0.4, -0.2) is 14.5 Å². The Balaban J connectivity index is 2.05. The highest BCUT2D eigenvalue weighted by Gasteiger charge is 2.28. The molecule has 0 radical (unpaired) electrons. The predicted octanol–water partition coefficient (Wildman–Crippen LogP) is 3.85. The Bertz CT molecular complexity index is 1240. The Labute approximate surface area is 168 Å². The van der Waals surface area contributed by atoms with E-state index in [-0.39, 0.29) is 22.7 Å². The zero-order valence-corrected chi connectivity index (χ0v) is 15.8. The molecule has 0 spiro atoms. The van der Waals surface area contributed by atoms with Crippen molar-refractivity contribution >= 4 is 28.8 Å². The molecule has 3 aromatic heterocycles. The lowest BCUT2D eigenvalue weighted by Gasteiger charge is -2.11. The summed E-state index contributed by atoms with van der Waals surface area (Å²) < 4.78 is 17.3. The molecule has 0 fully saturated rings. The first-order chi connectivity index (χ1) is 13.5. The third-order valence-electron chi connectivity index (χ3n) is 4.37. The largest absolute Gasteiger partial charge is 0.477 e. The smallest absolute Gasteiger partial charge is 0.354 e. The molecule has 4 rings (SSSR count). The minimum Gasteiger partial charge on any atom is -0.477 e. The second-order valence-corrected chi connectivity index (χ2v) is 6.90. The maximum absolute atomic E-state index is 14.5. The zero-order chi connectivity index (χ0) is 19.8. The van der Waals surface area contributed by atoms with Gasteiger partial charge in [0.15, 0.2) is 5.56 Å². The Morgan fingerprint density at radius 1 is 1.07 bits per heavy atom. The predicted molar refractivity (Wildman–Crippen MR) is 104 cm³/mol. The molecule has 0 aliphatic heterocycles. The molecule has 0 aliphatic rings. The van der Waals surface area contributed by atoms with Crippen molar-refractivity contribution < 1.29 is 14.1 Å². The van der Waals surface area contributed by atoms with E-state index in [2.05, 4.69) is 4.98 Å². The quantitative estimate of drug-likeness (QED) is 0.407. The number of aromatic hydroxyl groups is 1. The molecule has 28 heavy (non-hydrogen) atoms. The number of nitrogens with zero attached hydrogens (tertiary/aromatic N) is 3. The number of fused-ring (bicyclic) bond motifs is 1. The highest BCUT2D eigenvalue weighted by atomic mass is 35.5. The van der Waals surface area contributed by atoms with E-state index in [0.29, 0.717) is 10.8 Å². The first-order valence-corrected chi connectivity index (χ1v) is 9.04. The normalized spacial score (nSPS) is 11.1. The highest BCUT2D eigenvalue weighted by Crippen LogP contribution is 2.32. The lowest BCUT2D eigenvalue weighted by atomic mass is 10.1. The number of aromatic nitrogens is 3. The Hall–Kier alpha value is -2.96. The zero-order valence-electron chi connectivity index (χ0n) is 14.3. The standard InChI is InChI=1S/C20H12Cl2FN3O2/c21-13-4-3-5-14(23)17(13)18-19(27)25-9-2-1-6-16(25)26(20(18)28)11-12-7-8-15(22)24-10-12/h1-10H,11H2/p+1. The molecular weight excluding hydrogens is 404 g/mol. The average Bonchev–Trinajstić information content (AvgIpc) is 2.69. The fourth-order valence-electron chi connectivity index (χ4n) is 3.08. The number of halogens is 3. The molecule has 0 bridgehead atoms. The molecule has 0 unspecified atom stereocenters. The molecule has 1 N–H and O–H groups in total. The molecule has 8 heteroatoms. The minimum atomic E-state index is -0.699. The maximum atomic E-state index is 14.5. The lowest BCUT2D eigenvalue weighted by Crippen LogP contribution is -2.41. The van der Waals surface area contributed by atoms with E-state index in [1.54, 1.807) is 42.7 Å². The summed E-state index contributed by atoms with van der Waals surface area (Å²) >= 11 is 12.0. The Morgan fingerprint density at radius 2 is 1.89 bits per heavy atom. The van der Waals surface area contributed by atoms with Crippen LogP contribution in [-0.2, 0) is 6.54 Å². The molecule has 0 atom stereocenters. The summed E-state index contributed by atoms with van der Waals surface area (Å²) in [6.07, 6.45) is 3.11. The topological polar surface area (TPSA) is 58.5 Å². The van der Waals surface area contributed by atoms with Gasteiger partial charge in [0.2, 0.25) is 0 Å². The van der Waals surface area contributed by atoms with Gasteiger partial charge in [-0.1, -0.05) is 41.4 Å². The number of hydrogen-bond acceptors (Lipinski definition) is 3. The number of benzene rings is 1. The Morgan fingerprint density at radius 3 is 2.61 bits per heavy atom. The van der Waals surface area contributed by atoms with Crippen LogP contribution in [0.15, 0.2) is 65.7 Å². The van der Waals surface area contributed by atoms with Gasteiger partial charge in [0, 0.05) is 17.8 Å². The van der Waals surface area contributed by atoms with E-state index in [9.17, 15) is 14.3 Å². The fraction of sp³-hybridized carbons (Fsp3) is 0.0500. The average molecular weight is 417 g/mol. The van der Waals surface area contributed by atoms with Gasteiger partial charge in [0.05, 0.1) is 16.8 Å². The van der Waals surface area contributed by atoms with Gasteiger partial charge in [-0.05, 0) is 24.3 Å². The molecule has 3 heterocycles. The van der Waals surface area contributed by atoms with Crippen LogP contribution in [0.5, 0.6) is 5.88 Å². The third-order valence-corrected chi connectivity index (χ3v) is 4.91. The van der Waals surface area contributed by atoms with Gasteiger partial charge >= 0.3 is 5.56 Å². The molecular formula is C20H13Cl2FN3O2+. The van der Waals surface area contributed by atoms with Crippen LogP contribution in [0.4, 0.5) is 4.39 Å². The van der Waals surface area contributed by atoms with Gasteiger partial charge in [-0.3, -0.25) is 0 Å². The van der Waals surface area contributed by atoms with Crippen molar-refractivity contribution in [2.24, 2.45) is 0 Å². The highest BCUT2D eigenvalue weighted by molar-refractivity contribution is 6.33. The summed E-state index contributed by atoms with van der Waals surface area (Å²) in [5.74, 6) is -1.09. The van der Waals surface area contributed by atoms with Crippen molar-refractivity contribution in [3.8, 4) is 17.0 Å². The van der Waals surface area contributed by atoms with Crippen LogP contribution >= 0.6 is 23.2 Å². The van der Waals surface area contributed by atoms with E-state index in [0.717, 1.165) is 5.56 Å². The van der Waals surface area contributed by atoms with Gasteiger partial charge in [0.1, 0.15) is 17.5 Å². The summed E-state index contributed by atoms with van der Waals surface area (Å²) in [5.41, 5.74) is 0.225. The Kier molecular flexibility index (Phi) is 4.75. The summed E-state index contributed by atoms with van der Waals surface area (Å²) in [4.78, 5) is 17.1. The minimum absolute atomic E-state index is 0.0305. The fourth-order valence-corrected chi connectivity index (χ4v) is 3.45. The SMILES string of the molecule is O=c1c(-c2c(F)cccc2Cl)c(O)[n+](Cc2ccc(Cl)nc2)c2ccccn12. The van der Waals surface area contributed by atoms with Gasteiger partial charge in [-0.2, -0.15) is 8.97 Å². The molecule has 0 saturated carbocycles. The summed E-state index contributed by atoms with van der Waals surface area (Å²) in [5, 5.41) is 11.3. The summed E-state index contributed by atoms with van der Waals surface area (Å²) in [6, 6.07) is 12.6. The molecule has 0 aliphatic carbocycles. The second kappa shape index (κ2) is 7.22. The number of hydrogen-bond donors (Lipinski definition) is 1. The maximum Gasteiger partial charge on any atom is 0.354 e. The van der Waals surface area contributed by atoms with Gasteiger partial charge in [-0.15, -0.1) is 0 Å². The van der Waals surface area contributed by atoms with Crippen LogP contribution in [0.1, 0.15) is 5.56 Å². The third kappa shape index (κ3) is 3.10. The van der Waals surface area contributed by atoms with Crippen LogP contribution < -0.4 is 10.1 Å². The van der Waals surface area contributed by atoms with Crippen LogP contribution in [0.3, 0.4) is 0 Å². The van der Waals surface area contributed by atoms with Crippen molar-refractivity contribution in [2.75, 3.05) is 0 Å². The van der Waals surface area contributed by atoms with Gasteiger partial charge in [-0.25, -0.2) is 14.2 Å². The van der Waals surface area contributed by atoms with Crippen LogP contribution in [0.2, 0.25) is 10.2 Å². The first-order valence-electron chi connectivity index (χ1n) is 8.28. The monoisotopic (exact) mass is 416 g/mol. The summed E-state index contributed by atoms with van der Waals surface area (Å²) in [7, 11) is 0. The van der Waals surface area contributed by atoms with Crippen molar-refractivity contribution in [2.45, 2.75) is 6.54 Å². The van der Waals surface area contributed by atoms with E-state index in [1.807, 2.05) is 0 Å². The molecule has 0 amide bonds. The van der Waals surface area contributed by atoms with E-state index in [1.165, 1.54) is 27.2 Å². The van der Waals surface area contributed by atoms with E-state index < -0.39 is 17.3 Å². The summed E-state index contributed by atoms with van der Waals surface area (Å²) in [6.45, 7) is 0.183. The molecule has 1 aromatic carbocycles. The molecule has 4 aromatic rings. The van der Waals surface area contributed by atoms with Crippen molar-refractivity contribution in [3.05, 3.63) is 92.8 Å². The number of pyridine rings is 2. The van der Waals surface area contributed by atoms with Crippen LogP contribution in [0.25, 0.3) is 16.8 Å². The molecule has 0 saturated heterocycles. The van der Waals surface area contributed by atoms with Crippen molar-refractivity contribution in [1.82, 2.24) is 9.38 Å². The number of rotatable bonds is 3.